The van der Waals surface area contributed by atoms with E-state index < -0.39 is 12.1 Å². The van der Waals surface area contributed by atoms with Crippen LogP contribution in [0, 0.1) is 3.57 Å². The highest BCUT2D eigenvalue weighted by Gasteiger charge is 2.21. The first kappa shape index (κ1) is 12.1. The van der Waals surface area contributed by atoms with Crippen LogP contribution in [0.4, 0.5) is 0 Å². The normalized spacial score (nSPS) is 12.4. The van der Waals surface area contributed by atoms with Gasteiger partial charge in [-0.15, -0.1) is 0 Å². The number of hydrogen-bond acceptors (Lipinski definition) is 3. The summed E-state index contributed by atoms with van der Waals surface area (Å²) in [6.07, 6.45) is 0.245. The summed E-state index contributed by atoms with van der Waals surface area (Å²) >= 11 is 2.15. The number of carbonyl (C=O) groups is 1. The molecular formula is C11H9IN2O3. The smallest absolute Gasteiger partial charge is 0.356 e. The maximum absolute atomic E-state index is 10.9. The van der Waals surface area contributed by atoms with E-state index in [2.05, 4.69) is 32.6 Å². The molecule has 2 rings (SSSR count). The molecule has 1 unspecified atom stereocenters. The van der Waals surface area contributed by atoms with Crippen LogP contribution in [0.2, 0.25) is 0 Å². The Morgan fingerprint density at radius 1 is 1.35 bits per heavy atom. The molecule has 0 radical (unpaired) electrons. The Hall–Kier alpha value is -1.41. The van der Waals surface area contributed by atoms with Gasteiger partial charge in [-0.2, -0.15) is 0 Å². The summed E-state index contributed by atoms with van der Waals surface area (Å²) in [6.45, 7) is 0. The highest BCUT2D eigenvalue weighted by molar-refractivity contribution is 14.1. The average molecular weight is 344 g/mol. The van der Waals surface area contributed by atoms with E-state index in [1.807, 2.05) is 12.1 Å². The van der Waals surface area contributed by atoms with Gasteiger partial charge in [0.15, 0.2) is 5.69 Å². The van der Waals surface area contributed by atoms with E-state index in [1.165, 1.54) is 6.33 Å². The maximum atomic E-state index is 10.9. The van der Waals surface area contributed by atoms with Crippen LogP contribution in [-0.4, -0.2) is 26.2 Å². The number of rotatable bonds is 3. The summed E-state index contributed by atoms with van der Waals surface area (Å²) in [5, 5.41) is 19.0. The zero-order chi connectivity index (χ0) is 12.4. The first-order valence-corrected chi connectivity index (χ1v) is 5.87. The van der Waals surface area contributed by atoms with Gasteiger partial charge in [-0.05, 0) is 40.3 Å². The Bertz CT molecular complexity index is 536. The number of carboxylic acids is 1. The van der Waals surface area contributed by atoms with Crippen molar-refractivity contribution < 1.29 is 15.0 Å². The SMILES string of the molecule is O=C(O)c1nc[nH]c1C(O)c1ccc(I)cc1. The Kier molecular flexibility index (Phi) is 3.43. The van der Waals surface area contributed by atoms with Crippen LogP contribution >= 0.6 is 22.6 Å². The predicted molar refractivity (Wildman–Crippen MR) is 68.8 cm³/mol. The molecule has 0 aliphatic rings. The van der Waals surface area contributed by atoms with Gasteiger partial charge in [0.2, 0.25) is 0 Å². The highest BCUT2D eigenvalue weighted by Crippen LogP contribution is 2.23. The van der Waals surface area contributed by atoms with Crippen LogP contribution in [-0.2, 0) is 0 Å². The number of carboxylic acid groups (broad SMARTS) is 1. The van der Waals surface area contributed by atoms with Gasteiger partial charge in [-0.1, -0.05) is 12.1 Å². The molecule has 1 aromatic carbocycles. The minimum atomic E-state index is -1.16. The lowest BCUT2D eigenvalue weighted by atomic mass is 10.1. The number of aromatic amines is 1. The number of benzene rings is 1. The van der Waals surface area contributed by atoms with Crippen molar-refractivity contribution in [3.63, 3.8) is 0 Å². The van der Waals surface area contributed by atoms with Crippen molar-refractivity contribution in [2.75, 3.05) is 0 Å². The third-order valence-electron chi connectivity index (χ3n) is 2.33. The van der Waals surface area contributed by atoms with Gasteiger partial charge in [0.1, 0.15) is 6.10 Å². The number of aliphatic hydroxyl groups is 1. The predicted octanol–water partition coefficient (Wildman–Crippen LogP) is 1.79. The van der Waals surface area contributed by atoms with Crippen molar-refractivity contribution in [2.45, 2.75) is 6.10 Å². The maximum Gasteiger partial charge on any atom is 0.356 e. The van der Waals surface area contributed by atoms with Gasteiger partial charge < -0.3 is 15.2 Å². The average Bonchev–Trinajstić information content (AvgIpc) is 2.78. The van der Waals surface area contributed by atoms with Gasteiger partial charge in [0.05, 0.1) is 12.0 Å². The monoisotopic (exact) mass is 344 g/mol. The first-order valence-electron chi connectivity index (χ1n) is 4.79. The first-order chi connectivity index (χ1) is 8.09. The molecule has 0 fully saturated rings. The molecule has 0 bridgehead atoms. The molecule has 0 saturated carbocycles. The molecule has 88 valence electrons. The molecule has 5 nitrogen and oxygen atoms in total. The lowest BCUT2D eigenvalue weighted by molar-refractivity contribution is 0.0685. The summed E-state index contributed by atoms with van der Waals surface area (Å²) in [4.78, 5) is 17.2. The molecule has 17 heavy (non-hydrogen) atoms. The van der Waals surface area contributed by atoms with E-state index in [4.69, 9.17) is 5.11 Å². The number of aliphatic hydroxyl groups excluding tert-OH is 1. The second-order valence-corrected chi connectivity index (χ2v) is 4.67. The number of aromatic nitrogens is 2. The summed E-state index contributed by atoms with van der Waals surface area (Å²) < 4.78 is 1.04. The molecule has 1 aromatic heterocycles. The summed E-state index contributed by atoms with van der Waals surface area (Å²) in [7, 11) is 0. The van der Waals surface area contributed by atoms with Crippen molar-refractivity contribution >= 4 is 28.6 Å². The molecule has 0 aliphatic heterocycles. The molecule has 1 heterocycles. The summed E-state index contributed by atoms with van der Waals surface area (Å²) in [5.74, 6) is -1.16. The van der Waals surface area contributed by atoms with Gasteiger partial charge in [0, 0.05) is 3.57 Å². The highest BCUT2D eigenvalue weighted by atomic mass is 127. The molecule has 6 heteroatoms. The molecule has 3 N–H and O–H groups in total. The zero-order valence-electron chi connectivity index (χ0n) is 8.59. The Labute approximate surface area is 111 Å². The van der Waals surface area contributed by atoms with Crippen molar-refractivity contribution in [3.8, 4) is 0 Å². The topological polar surface area (TPSA) is 86.2 Å². The van der Waals surface area contributed by atoms with Gasteiger partial charge in [0.25, 0.3) is 0 Å². The van der Waals surface area contributed by atoms with Crippen molar-refractivity contribution in [1.82, 2.24) is 9.97 Å². The van der Waals surface area contributed by atoms with Crippen molar-refractivity contribution in [2.24, 2.45) is 0 Å². The van der Waals surface area contributed by atoms with E-state index in [0.717, 1.165) is 3.57 Å². The van der Waals surface area contributed by atoms with E-state index >= 15 is 0 Å². The van der Waals surface area contributed by atoms with Crippen molar-refractivity contribution in [1.29, 1.82) is 0 Å². The third-order valence-corrected chi connectivity index (χ3v) is 3.05. The largest absolute Gasteiger partial charge is 0.476 e. The number of H-pyrrole nitrogens is 1. The summed E-state index contributed by atoms with van der Waals surface area (Å²) in [6, 6.07) is 7.18. The summed E-state index contributed by atoms with van der Waals surface area (Å²) in [5.41, 5.74) is 0.659. The second-order valence-electron chi connectivity index (χ2n) is 3.42. The number of halogens is 1. The lowest BCUT2D eigenvalue weighted by Gasteiger charge is -2.09. The second kappa shape index (κ2) is 4.84. The fourth-order valence-corrected chi connectivity index (χ4v) is 1.85. The quantitative estimate of drug-likeness (QED) is 0.741. The standard InChI is InChI=1S/C11H9IN2O3/c12-7-3-1-6(2-4-7)10(15)8-9(11(16)17)14-5-13-8/h1-5,10,15H,(H,13,14)(H,16,17). The van der Waals surface area contributed by atoms with Crippen LogP contribution in [0.15, 0.2) is 30.6 Å². The van der Waals surface area contributed by atoms with E-state index in [9.17, 15) is 9.90 Å². The number of hydrogen-bond donors (Lipinski definition) is 3. The van der Waals surface area contributed by atoms with Crippen molar-refractivity contribution in [3.05, 3.63) is 51.1 Å². The van der Waals surface area contributed by atoms with Crippen LogP contribution in [0.5, 0.6) is 0 Å². The Morgan fingerprint density at radius 3 is 2.59 bits per heavy atom. The fraction of sp³-hybridized carbons (Fsp3) is 0.0909. The lowest BCUT2D eigenvalue weighted by Crippen LogP contribution is -2.08. The molecule has 0 saturated heterocycles. The number of nitrogens with one attached hydrogen (secondary N) is 1. The number of aromatic carboxylic acids is 1. The number of imidazole rings is 1. The third kappa shape index (κ3) is 2.47. The Morgan fingerprint density at radius 2 is 2.00 bits per heavy atom. The molecule has 0 aliphatic carbocycles. The van der Waals surface area contributed by atoms with Gasteiger partial charge >= 0.3 is 5.97 Å². The zero-order valence-corrected chi connectivity index (χ0v) is 10.7. The molecule has 0 amide bonds. The van der Waals surface area contributed by atoms with Crippen LogP contribution in [0.1, 0.15) is 27.8 Å². The van der Waals surface area contributed by atoms with E-state index in [1.54, 1.807) is 12.1 Å². The Balaban J connectivity index is 2.36. The van der Waals surface area contributed by atoms with Gasteiger partial charge in [-0.25, -0.2) is 9.78 Å². The molecule has 0 spiro atoms. The fourth-order valence-electron chi connectivity index (χ4n) is 1.49. The minimum Gasteiger partial charge on any atom is -0.476 e. The van der Waals surface area contributed by atoms with Gasteiger partial charge in [-0.3, -0.25) is 0 Å². The molecule has 1 atom stereocenters. The minimum absolute atomic E-state index is 0.156. The number of nitrogens with zero attached hydrogens (tertiary/aromatic N) is 1. The van der Waals surface area contributed by atoms with Crippen LogP contribution in [0.25, 0.3) is 0 Å². The van der Waals surface area contributed by atoms with Crippen LogP contribution < -0.4 is 0 Å². The van der Waals surface area contributed by atoms with E-state index in [-0.39, 0.29) is 11.4 Å². The van der Waals surface area contributed by atoms with Crippen LogP contribution in [0.3, 0.4) is 0 Å². The molecular weight excluding hydrogens is 335 g/mol. The molecule has 2 aromatic rings. The van der Waals surface area contributed by atoms with E-state index in [0.29, 0.717) is 5.56 Å².